The second kappa shape index (κ2) is 10.3. The summed E-state index contributed by atoms with van der Waals surface area (Å²) in [6, 6.07) is 20.9. The standard InChI is InChI=1S/C24H25N3O3S/c28-23(19-8-10-20(11-9-19)26-24(29)22-7-4-14-31-22)25-15-21-17-27(12-13-30-21)16-18-5-2-1-3-6-18/h1-11,14,21H,12-13,15-17H2,(H,25,28)(H,26,29). The van der Waals surface area contributed by atoms with Crippen molar-refractivity contribution in [3.8, 4) is 0 Å². The molecule has 1 saturated heterocycles. The normalized spacial score (nSPS) is 16.6. The van der Waals surface area contributed by atoms with E-state index in [1.807, 2.05) is 29.6 Å². The number of ether oxygens (including phenoxy) is 1. The first kappa shape index (κ1) is 21.2. The van der Waals surface area contributed by atoms with Crippen LogP contribution in [0, 0.1) is 0 Å². The van der Waals surface area contributed by atoms with Gasteiger partial charge in [0.25, 0.3) is 11.8 Å². The van der Waals surface area contributed by atoms with Gasteiger partial charge in [-0.25, -0.2) is 0 Å². The number of morpholine rings is 1. The van der Waals surface area contributed by atoms with Crippen LogP contribution in [0.15, 0.2) is 72.1 Å². The molecule has 1 unspecified atom stereocenters. The van der Waals surface area contributed by atoms with Crippen molar-refractivity contribution < 1.29 is 14.3 Å². The number of hydrogen-bond donors (Lipinski definition) is 2. The zero-order valence-corrected chi connectivity index (χ0v) is 17.9. The van der Waals surface area contributed by atoms with E-state index < -0.39 is 0 Å². The summed E-state index contributed by atoms with van der Waals surface area (Å²) in [7, 11) is 0. The first-order valence-corrected chi connectivity index (χ1v) is 11.2. The minimum atomic E-state index is -0.153. The van der Waals surface area contributed by atoms with Crippen LogP contribution in [0.5, 0.6) is 0 Å². The van der Waals surface area contributed by atoms with E-state index in [2.05, 4.69) is 27.7 Å². The number of nitrogens with zero attached hydrogens (tertiary/aromatic N) is 1. The van der Waals surface area contributed by atoms with Crippen LogP contribution in [-0.4, -0.2) is 49.1 Å². The number of anilines is 1. The van der Waals surface area contributed by atoms with Gasteiger partial charge in [0.2, 0.25) is 0 Å². The van der Waals surface area contributed by atoms with Crippen LogP contribution in [0.25, 0.3) is 0 Å². The average Bonchev–Trinajstić information content (AvgIpc) is 3.34. The lowest BCUT2D eigenvalue weighted by atomic mass is 10.1. The Hall–Kier alpha value is -3.00. The van der Waals surface area contributed by atoms with Crippen LogP contribution in [0.3, 0.4) is 0 Å². The zero-order chi connectivity index (χ0) is 21.5. The third kappa shape index (κ3) is 6.01. The molecule has 0 spiro atoms. The summed E-state index contributed by atoms with van der Waals surface area (Å²) in [5.41, 5.74) is 2.48. The van der Waals surface area contributed by atoms with Crippen LogP contribution >= 0.6 is 11.3 Å². The Morgan fingerprint density at radius 1 is 1.00 bits per heavy atom. The quantitative estimate of drug-likeness (QED) is 0.595. The maximum Gasteiger partial charge on any atom is 0.265 e. The number of carbonyl (C=O) groups is 2. The second-order valence-electron chi connectivity index (χ2n) is 7.43. The number of rotatable bonds is 7. The molecule has 0 bridgehead atoms. The summed E-state index contributed by atoms with van der Waals surface area (Å²) in [6.45, 7) is 3.67. The van der Waals surface area contributed by atoms with Gasteiger partial charge in [-0.1, -0.05) is 36.4 Å². The summed E-state index contributed by atoms with van der Waals surface area (Å²) in [5, 5.41) is 7.65. The van der Waals surface area contributed by atoms with Crippen molar-refractivity contribution in [2.75, 3.05) is 31.6 Å². The van der Waals surface area contributed by atoms with Crippen LogP contribution in [-0.2, 0) is 11.3 Å². The molecule has 2 aromatic carbocycles. The second-order valence-corrected chi connectivity index (χ2v) is 8.38. The topological polar surface area (TPSA) is 70.7 Å². The number of carbonyl (C=O) groups excluding carboxylic acids is 2. The molecule has 2 heterocycles. The Morgan fingerprint density at radius 2 is 1.81 bits per heavy atom. The van der Waals surface area contributed by atoms with E-state index >= 15 is 0 Å². The van der Waals surface area contributed by atoms with Crippen LogP contribution < -0.4 is 10.6 Å². The summed E-state index contributed by atoms with van der Waals surface area (Å²) >= 11 is 1.39. The Morgan fingerprint density at radius 3 is 2.55 bits per heavy atom. The average molecular weight is 436 g/mol. The van der Waals surface area contributed by atoms with Gasteiger partial charge >= 0.3 is 0 Å². The SMILES string of the molecule is O=C(NCC1CN(Cc2ccccc2)CCO1)c1ccc(NC(=O)c2cccs2)cc1. The molecule has 7 heteroatoms. The molecule has 1 fully saturated rings. The molecule has 1 aliphatic rings. The molecule has 31 heavy (non-hydrogen) atoms. The third-order valence-corrected chi connectivity index (χ3v) is 5.98. The predicted molar refractivity (Wildman–Crippen MR) is 123 cm³/mol. The van der Waals surface area contributed by atoms with Crippen LogP contribution in [0.1, 0.15) is 25.6 Å². The minimum Gasteiger partial charge on any atom is -0.374 e. The lowest BCUT2D eigenvalue weighted by Crippen LogP contribution is -2.47. The summed E-state index contributed by atoms with van der Waals surface area (Å²) in [6.07, 6.45) is -0.0363. The number of nitrogens with one attached hydrogen (secondary N) is 2. The first-order valence-electron chi connectivity index (χ1n) is 10.3. The molecule has 2 N–H and O–H groups in total. The van der Waals surface area contributed by atoms with Gasteiger partial charge in [0.15, 0.2) is 0 Å². The molecule has 1 atom stereocenters. The van der Waals surface area contributed by atoms with Gasteiger partial charge in [0.1, 0.15) is 0 Å². The summed E-state index contributed by atoms with van der Waals surface area (Å²) < 4.78 is 5.83. The zero-order valence-electron chi connectivity index (χ0n) is 17.1. The highest BCUT2D eigenvalue weighted by Gasteiger charge is 2.21. The third-order valence-electron chi connectivity index (χ3n) is 5.11. The fourth-order valence-electron chi connectivity index (χ4n) is 3.50. The van der Waals surface area contributed by atoms with Crippen molar-refractivity contribution >= 4 is 28.8 Å². The van der Waals surface area contributed by atoms with E-state index in [1.54, 1.807) is 30.3 Å². The molecule has 0 radical (unpaired) electrons. The Labute approximate surface area is 185 Å². The molecule has 4 rings (SSSR count). The Balaban J connectivity index is 1.25. The number of amides is 2. The van der Waals surface area contributed by atoms with E-state index in [1.165, 1.54) is 16.9 Å². The highest BCUT2D eigenvalue weighted by molar-refractivity contribution is 7.12. The number of hydrogen-bond acceptors (Lipinski definition) is 5. The fraction of sp³-hybridized carbons (Fsp3) is 0.250. The molecule has 6 nitrogen and oxygen atoms in total. The maximum atomic E-state index is 12.5. The highest BCUT2D eigenvalue weighted by atomic mass is 32.1. The van der Waals surface area contributed by atoms with Crippen molar-refractivity contribution in [1.82, 2.24) is 10.2 Å². The predicted octanol–water partition coefficient (Wildman–Crippen LogP) is 3.63. The van der Waals surface area contributed by atoms with Gasteiger partial charge in [-0.15, -0.1) is 11.3 Å². The summed E-state index contributed by atoms with van der Waals surface area (Å²) in [4.78, 5) is 27.6. The maximum absolute atomic E-state index is 12.5. The smallest absolute Gasteiger partial charge is 0.265 e. The highest BCUT2D eigenvalue weighted by Crippen LogP contribution is 2.15. The van der Waals surface area contributed by atoms with Crippen LogP contribution in [0.2, 0.25) is 0 Å². The molecule has 160 valence electrons. The molecule has 1 aromatic heterocycles. The molecule has 1 aliphatic heterocycles. The van der Waals surface area contributed by atoms with E-state index in [9.17, 15) is 9.59 Å². The van der Waals surface area contributed by atoms with Gasteiger partial charge in [0, 0.05) is 37.4 Å². The Kier molecular flexibility index (Phi) is 7.09. The van der Waals surface area contributed by atoms with Gasteiger partial charge in [-0.05, 0) is 41.3 Å². The first-order chi connectivity index (χ1) is 15.2. The lowest BCUT2D eigenvalue weighted by molar-refractivity contribution is -0.0292. The van der Waals surface area contributed by atoms with Crippen molar-refractivity contribution in [1.29, 1.82) is 0 Å². The van der Waals surface area contributed by atoms with Crippen LogP contribution in [0.4, 0.5) is 5.69 Å². The van der Waals surface area contributed by atoms with Crippen molar-refractivity contribution in [3.05, 3.63) is 88.1 Å². The number of benzene rings is 2. The monoisotopic (exact) mass is 435 g/mol. The van der Waals surface area contributed by atoms with E-state index in [4.69, 9.17) is 4.74 Å². The van der Waals surface area contributed by atoms with E-state index in [0.717, 1.165) is 19.6 Å². The molecule has 0 saturated carbocycles. The fourth-order valence-corrected chi connectivity index (χ4v) is 4.12. The van der Waals surface area contributed by atoms with Gasteiger partial charge in [-0.3, -0.25) is 14.5 Å². The van der Waals surface area contributed by atoms with Gasteiger partial charge in [0.05, 0.1) is 17.6 Å². The molecular formula is C24H25N3O3S. The van der Waals surface area contributed by atoms with E-state index in [0.29, 0.717) is 29.3 Å². The van der Waals surface area contributed by atoms with Crippen molar-refractivity contribution in [2.45, 2.75) is 12.6 Å². The lowest BCUT2D eigenvalue weighted by Gasteiger charge is -2.33. The minimum absolute atomic E-state index is 0.0363. The van der Waals surface area contributed by atoms with Gasteiger partial charge < -0.3 is 15.4 Å². The van der Waals surface area contributed by atoms with Crippen molar-refractivity contribution in [3.63, 3.8) is 0 Å². The number of thiophene rings is 1. The Bertz CT molecular complexity index is 991. The molecule has 3 aromatic rings. The molecular weight excluding hydrogens is 410 g/mol. The molecule has 0 aliphatic carbocycles. The van der Waals surface area contributed by atoms with E-state index in [-0.39, 0.29) is 17.9 Å². The molecule has 2 amide bonds. The van der Waals surface area contributed by atoms with Gasteiger partial charge in [-0.2, -0.15) is 0 Å². The summed E-state index contributed by atoms with van der Waals surface area (Å²) in [5.74, 6) is -0.304. The largest absolute Gasteiger partial charge is 0.374 e. The van der Waals surface area contributed by atoms with Crippen molar-refractivity contribution in [2.24, 2.45) is 0 Å².